The second-order valence-corrected chi connectivity index (χ2v) is 7.54. The fraction of sp³-hybridized carbons (Fsp3) is 0.263. The molecular weight excluding hydrogens is 351 g/mol. The van der Waals surface area contributed by atoms with Crippen molar-refractivity contribution in [2.45, 2.75) is 38.1 Å². The summed E-state index contributed by atoms with van der Waals surface area (Å²) in [6.45, 7) is 7.79. The molecule has 26 heavy (non-hydrogen) atoms. The van der Waals surface area contributed by atoms with Crippen LogP contribution in [0.3, 0.4) is 0 Å². The maximum Gasteiger partial charge on any atom is 0.214 e. The van der Waals surface area contributed by atoms with Crippen molar-refractivity contribution < 1.29 is 9.18 Å². The van der Waals surface area contributed by atoms with Crippen molar-refractivity contribution in [1.82, 2.24) is 20.2 Å². The number of nitrogens with zero attached hydrogens (tertiary/aromatic N) is 4. The van der Waals surface area contributed by atoms with Gasteiger partial charge in [-0.15, -0.1) is 5.10 Å². The molecule has 0 fully saturated rings. The molecule has 0 N–H and O–H groups in total. The molecule has 5 nitrogen and oxygen atoms in total. The van der Waals surface area contributed by atoms with Crippen LogP contribution in [0.2, 0.25) is 0 Å². The fourth-order valence-corrected chi connectivity index (χ4v) is 3.55. The van der Waals surface area contributed by atoms with Crippen molar-refractivity contribution >= 4 is 17.5 Å². The van der Waals surface area contributed by atoms with Crippen molar-refractivity contribution in [3.8, 4) is 5.69 Å². The molecule has 134 valence electrons. The number of tetrazole rings is 1. The summed E-state index contributed by atoms with van der Waals surface area (Å²) in [7, 11) is 0. The standard InChI is InChI=1S/C19H19FN4OS/c1-11-8-13(3)17(9-12(11)2)18(25)14(4)26-19-21-22-23-24(19)16-7-5-6-15(20)10-16/h5-10,14H,1-4H3/t14-/m0/s1. The molecular formula is C19H19FN4OS. The molecule has 0 aliphatic rings. The second kappa shape index (κ2) is 7.37. The smallest absolute Gasteiger partial charge is 0.214 e. The number of benzene rings is 2. The number of Topliss-reactive ketones (excluding diaryl/α,β-unsaturated/α-hetero) is 1. The summed E-state index contributed by atoms with van der Waals surface area (Å²) < 4.78 is 14.9. The van der Waals surface area contributed by atoms with E-state index in [4.69, 9.17) is 0 Å². The lowest BCUT2D eigenvalue weighted by Gasteiger charge is -2.13. The predicted molar refractivity (Wildman–Crippen MR) is 99.4 cm³/mol. The number of rotatable bonds is 5. The summed E-state index contributed by atoms with van der Waals surface area (Å²) in [6.07, 6.45) is 0. The first-order valence-corrected chi connectivity index (χ1v) is 9.08. The van der Waals surface area contributed by atoms with Crippen LogP contribution in [0.25, 0.3) is 5.69 Å². The Kier molecular flexibility index (Phi) is 5.18. The van der Waals surface area contributed by atoms with E-state index in [-0.39, 0.29) is 16.9 Å². The van der Waals surface area contributed by atoms with Crippen LogP contribution in [0.4, 0.5) is 4.39 Å². The van der Waals surface area contributed by atoms with E-state index in [0.717, 1.165) is 16.7 Å². The summed E-state index contributed by atoms with van der Waals surface area (Å²) in [5.41, 5.74) is 4.42. The largest absolute Gasteiger partial charge is 0.293 e. The Hall–Kier alpha value is -2.54. The molecule has 0 radical (unpaired) electrons. The van der Waals surface area contributed by atoms with Crippen molar-refractivity contribution in [2.75, 3.05) is 0 Å². The minimum Gasteiger partial charge on any atom is -0.293 e. The van der Waals surface area contributed by atoms with Crippen LogP contribution in [0.1, 0.15) is 34.0 Å². The lowest BCUT2D eigenvalue weighted by molar-refractivity contribution is 0.0993. The van der Waals surface area contributed by atoms with E-state index in [1.165, 1.54) is 28.6 Å². The number of hydrogen-bond donors (Lipinski definition) is 0. The third-order valence-corrected chi connectivity index (χ3v) is 5.28. The van der Waals surface area contributed by atoms with Crippen LogP contribution in [0, 0.1) is 26.6 Å². The monoisotopic (exact) mass is 370 g/mol. The Bertz CT molecular complexity index is 970. The van der Waals surface area contributed by atoms with Crippen molar-refractivity contribution in [2.24, 2.45) is 0 Å². The van der Waals surface area contributed by atoms with E-state index in [0.29, 0.717) is 16.4 Å². The van der Waals surface area contributed by atoms with Gasteiger partial charge in [0.25, 0.3) is 0 Å². The number of halogens is 1. The molecule has 1 aromatic heterocycles. The minimum atomic E-state index is -0.380. The molecule has 0 bridgehead atoms. The molecule has 3 rings (SSSR count). The average Bonchev–Trinajstić information content (AvgIpc) is 3.05. The molecule has 0 unspecified atom stereocenters. The van der Waals surface area contributed by atoms with Gasteiger partial charge in [-0.2, -0.15) is 4.68 Å². The van der Waals surface area contributed by atoms with E-state index in [1.807, 2.05) is 39.8 Å². The summed E-state index contributed by atoms with van der Waals surface area (Å²) in [6, 6.07) is 9.96. The Morgan fingerprint density at radius 3 is 2.58 bits per heavy atom. The third kappa shape index (κ3) is 3.67. The number of carbonyl (C=O) groups excluding carboxylic acids is 1. The Labute approximate surface area is 155 Å². The van der Waals surface area contributed by atoms with Crippen LogP contribution >= 0.6 is 11.8 Å². The van der Waals surface area contributed by atoms with Crippen LogP contribution in [-0.2, 0) is 0 Å². The van der Waals surface area contributed by atoms with Crippen LogP contribution < -0.4 is 0 Å². The lowest BCUT2D eigenvalue weighted by atomic mass is 9.97. The normalized spacial score (nSPS) is 12.2. The van der Waals surface area contributed by atoms with Gasteiger partial charge in [0.1, 0.15) is 5.82 Å². The van der Waals surface area contributed by atoms with Crippen LogP contribution in [0.15, 0.2) is 41.6 Å². The maximum absolute atomic E-state index is 13.5. The summed E-state index contributed by atoms with van der Waals surface area (Å²) in [5.74, 6) is -0.353. The molecule has 1 heterocycles. The van der Waals surface area contributed by atoms with Gasteiger partial charge in [0, 0.05) is 5.56 Å². The highest BCUT2D eigenvalue weighted by atomic mass is 32.2. The average molecular weight is 370 g/mol. The zero-order valence-electron chi connectivity index (χ0n) is 15.0. The van der Waals surface area contributed by atoms with E-state index in [1.54, 1.807) is 12.1 Å². The Morgan fingerprint density at radius 1 is 1.12 bits per heavy atom. The number of hydrogen-bond acceptors (Lipinski definition) is 5. The molecule has 2 aromatic carbocycles. The van der Waals surface area contributed by atoms with Gasteiger partial charge in [-0.05, 0) is 79.1 Å². The SMILES string of the molecule is Cc1cc(C)c(C(=O)[C@H](C)Sc2nnnn2-c2cccc(F)c2)cc1C. The molecule has 0 amide bonds. The molecule has 0 spiro atoms. The number of aryl methyl sites for hydroxylation is 3. The first kappa shape index (κ1) is 18.3. The van der Waals surface area contributed by atoms with Gasteiger partial charge in [0.05, 0.1) is 10.9 Å². The molecule has 7 heteroatoms. The zero-order valence-corrected chi connectivity index (χ0v) is 15.8. The van der Waals surface area contributed by atoms with Crippen LogP contribution in [-0.4, -0.2) is 31.2 Å². The van der Waals surface area contributed by atoms with Gasteiger partial charge in [-0.25, -0.2) is 4.39 Å². The van der Waals surface area contributed by atoms with Gasteiger partial charge >= 0.3 is 0 Å². The van der Waals surface area contributed by atoms with Gasteiger partial charge < -0.3 is 0 Å². The van der Waals surface area contributed by atoms with E-state index in [9.17, 15) is 9.18 Å². The first-order valence-electron chi connectivity index (χ1n) is 8.20. The molecule has 1 atom stereocenters. The van der Waals surface area contributed by atoms with Gasteiger partial charge in [0.2, 0.25) is 5.16 Å². The third-order valence-electron chi connectivity index (χ3n) is 4.25. The zero-order chi connectivity index (χ0) is 18.8. The summed E-state index contributed by atoms with van der Waals surface area (Å²) >= 11 is 1.25. The number of ketones is 1. The highest BCUT2D eigenvalue weighted by Gasteiger charge is 2.22. The maximum atomic E-state index is 13.5. The highest BCUT2D eigenvalue weighted by Crippen LogP contribution is 2.27. The summed E-state index contributed by atoms with van der Waals surface area (Å²) in [5, 5.41) is 11.6. The predicted octanol–water partition coefficient (Wildman–Crippen LogP) is 4.09. The van der Waals surface area contributed by atoms with Gasteiger partial charge in [-0.1, -0.05) is 23.9 Å². The number of thioether (sulfide) groups is 1. The van der Waals surface area contributed by atoms with Crippen molar-refractivity contribution in [1.29, 1.82) is 0 Å². The van der Waals surface area contributed by atoms with Crippen molar-refractivity contribution in [3.05, 3.63) is 64.5 Å². The Morgan fingerprint density at radius 2 is 1.85 bits per heavy atom. The fourth-order valence-electron chi connectivity index (χ4n) is 2.68. The van der Waals surface area contributed by atoms with E-state index >= 15 is 0 Å². The molecule has 0 saturated heterocycles. The Balaban J connectivity index is 1.85. The molecule has 0 aliphatic heterocycles. The summed E-state index contributed by atoms with van der Waals surface area (Å²) in [4.78, 5) is 12.9. The topological polar surface area (TPSA) is 60.7 Å². The van der Waals surface area contributed by atoms with E-state index < -0.39 is 0 Å². The molecule has 0 saturated carbocycles. The van der Waals surface area contributed by atoms with Gasteiger partial charge in [0.15, 0.2) is 5.78 Å². The van der Waals surface area contributed by atoms with E-state index in [2.05, 4.69) is 15.5 Å². The van der Waals surface area contributed by atoms with Gasteiger partial charge in [-0.3, -0.25) is 4.79 Å². The highest BCUT2D eigenvalue weighted by molar-refractivity contribution is 8.00. The quantitative estimate of drug-likeness (QED) is 0.500. The number of carbonyl (C=O) groups is 1. The first-order chi connectivity index (χ1) is 12.4. The molecule has 3 aromatic rings. The minimum absolute atomic E-state index is 0.0180. The van der Waals surface area contributed by atoms with Crippen LogP contribution in [0.5, 0.6) is 0 Å². The van der Waals surface area contributed by atoms with Crippen molar-refractivity contribution in [3.63, 3.8) is 0 Å². The lowest BCUT2D eigenvalue weighted by Crippen LogP contribution is -2.16. The number of aromatic nitrogens is 4. The molecule has 0 aliphatic carbocycles. The second-order valence-electron chi connectivity index (χ2n) is 6.23.